The molecule has 1 heterocycles. The molecule has 0 bridgehead atoms. The summed E-state index contributed by atoms with van der Waals surface area (Å²) in [5.41, 5.74) is 2.68. The fourth-order valence-corrected chi connectivity index (χ4v) is 2.34. The number of allylic oxidation sites excluding steroid dienone is 4. The summed E-state index contributed by atoms with van der Waals surface area (Å²) in [5.74, 6) is 0.655. The van der Waals surface area contributed by atoms with Crippen molar-refractivity contribution in [2.75, 3.05) is 0 Å². The molecule has 0 spiro atoms. The third-order valence-electron chi connectivity index (χ3n) is 2.84. The molecule has 0 saturated heterocycles. The van der Waals surface area contributed by atoms with Crippen molar-refractivity contribution >= 4 is 12.2 Å². The smallest absolute Gasteiger partial charge is 0.174 e. The Kier molecular flexibility index (Phi) is 3.21. The number of nitrogens with one attached hydrogen (secondary N) is 2. The summed E-state index contributed by atoms with van der Waals surface area (Å²) in [6.45, 7) is 2.07. The van der Waals surface area contributed by atoms with E-state index in [1.807, 2.05) is 6.20 Å². The Bertz CT molecular complexity index is 436. The maximum absolute atomic E-state index is 5.01. The van der Waals surface area contributed by atoms with Crippen LogP contribution in [0.3, 0.4) is 0 Å². The zero-order valence-electron chi connectivity index (χ0n) is 8.92. The Morgan fingerprint density at radius 3 is 3.13 bits per heavy atom. The van der Waals surface area contributed by atoms with Crippen molar-refractivity contribution in [1.82, 2.24) is 9.97 Å². The predicted octanol–water partition coefficient (Wildman–Crippen LogP) is 3.53. The molecule has 2 N–H and O–H groups in total. The monoisotopic (exact) mass is 220 g/mol. The molecule has 0 fully saturated rings. The van der Waals surface area contributed by atoms with Gasteiger partial charge in [0.15, 0.2) is 4.77 Å². The van der Waals surface area contributed by atoms with Gasteiger partial charge in [0.05, 0.1) is 0 Å². The van der Waals surface area contributed by atoms with Crippen LogP contribution >= 0.6 is 12.2 Å². The normalized spacial score (nSPS) is 21.1. The molecule has 1 aromatic heterocycles. The highest BCUT2D eigenvalue weighted by Crippen LogP contribution is 2.29. The highest BCUT2D eigenvalue weighted by atomic mass is 32.1. The Labute approximate surface area is 95.1 Å². The van der Waals surface area contributed by atoms with Crippen LogP contribution in [0.5, 0.6) is 0 Å². The number of imidazole rings is 1. The second-order valence-electron chi connectivity index (χ2n) is 3.95. The van der Waals surface area contributed by atoms with E-state index in [2.05, 4.69) is 35.1 Å². The summed E-state index contributed by atoms with van der Waals surface area (Å²) in [5, 5.41) is 0. The Morgan fingerprint density at radius 1 is 1.60 bits per heavy atom. The van der Waals surface area contributed by atoms with E-state index >= 15 is 0 Å². The molecule has 1 atom stereocenters. The molecule has 0 aromatic carbocycles. The standard InChI is InChI=1S/C12H16N2S/c1-2-4-9-5-3-6-10(9)7-11-8-13-12(15)14-11/h2,4-5,8,10H,3,6-7H2,1H3,(H2,13,14,15)/b4-2+. The van der Waals surface area contributed by atoms with Crippen LogP contribution in [0.1, 0.15) is 25.5 Å². The molecule has 0 amide bonds. The Morgan fingerprint density at radius 2 is 2.47 bits per heavy atom. The van der Waals surface area contributed by atoms with E-state index in [-0.39, 0.29) is 0 Å². The summed E-state index contributed by atoms with van der Waals surface area (Å²) in [6, 6.07) is 0. The van der Waals surface area contributed by atoms with Gasteiger partial charge >= 0.3 is 0 Å². The fraction of sp³-hybridized carbons (Fsp3) is 0.417. The fourth-order valence-electron chi connectivity index (χ4n) is 2.15. The first-order chi connectivity index (χ1) is 7.29. The maximum Gasteiger partial charge on any atom is 0.174 e. The average Bonchev–Trinajstić information content (AvgIpc) is 2.78. The third kappa shape index (κ3) is 2.48. The second-order valence-corrected chi connectivity index (χ2v) is 4.36. The molecule has 0 saturated carbocycles. The second kappa shape index (κ2) is 4.62. The SMILES string of the molecule is C/C=C/C1=CCCC1Cc1c[nH]c(=S)[nH]1. The molecule has 15 heavy (non-hydrogen) atoms. The number of rotatable bonds is 3. The van der Waals surface area contributed by atoms with Gasteiger partial charge in [-0.15, -0.1) is 0 Å². The van der Waals surface area contributed by atoms with Gasteiger partial charge < -0.3 is 9.97 Å². The number of aromatic amines is 2. The molecule has 1 unspecified atom stereocenters. The van der Waals surface area contributed by atoms with Crippen molar-refractivity contribution in [3.63, 3.8) is 0 Å². The van der Waals surface area contributed by atoms with E-state index < -0.39 is 0 Å². The quantitative estimate of drug-likeness (QED) is 0.750. The average molecular weight is 220 g/mol. The minimum Gasteiger partial charge on any atom is -0.337 e. The summed E-state index contributed by atoms with van der Waals surface area (Å²) in [6.07, 6.45) is 12.2. The van der Waals surface area contributed by atoms with Crippen LogP contribution in [0.2, 0.25) is 0 Å². The van der Waals surface area contributed by atoms with E-state index in [0.717, 1.165) is 11.2 Å². The third-order valence-corrected chi connectivity index (χ3v) is 3.06. The van der Waals surface area contributed by atoms with Crippen LogP contribution in [0.25, 0.3) is 0 Å². The zero-order chi connectivity index (χ0) is 10.7. The summed E-state index contributed by atoms with van der Waals surface area (Å²) in [7, 11) is 0. The van der Waals surface area contributed by atoms with Gasteiger partial charge in [0.25, 0.3) is 0 Å². The van der Waals surface area contributed by atoms with Crippen LogP contribution in [-0.2, 0) is 6.42 Å². The molecule has 80 valence electrons. The van der Waals surface area contributed by atoms with Crippen molar-refractivity contribution in [3.05, 3.63) is 40.5 Å². The van der Waals surface area contributed by atoms with E-state index in [0.29, 0.717) is 5.92 Å². The van der Waals surface area contributed by atoms with E-state index in [1.54, 1.807) is 0 Å². The zero-order valence-corrected chi connectivity index (χ0v) is 9.73. The Hall–Kier alpha value is -1.09. The maximum atomic E-state index is 5.01. The summed E-state index contributed by atoms with van der Waals surface area (Å²) < 4.78 is 0.722. The van der Waals surface area contributed by atoms with Gasteiger partial charge in [-0.25, -0.2) is 0 Å². The van der Waals surface area contributed by atoms with Gasteiger partial charge in [0, 0.05) is 11.9 Å². The van der Waals surface area contributed by atoms with Gasteiger partial charge in [-0.2, -0.15) is 0 Å². The lowest BCUT2D eigenvalue weighted by Crippen LogP contribution is -2.02. The van der Waals surface area contributed by atoms with Crippen molar-refractivity contribution in [2.24, 2.45) is 5.92 Å². The minimum absolute atomic E-state index is 0.655. The molecule has 0 aliphatic heterocycles. The summed E-state index contributed by atoms with van der Waals surface area (Å²) >= 11 is 5.01. The van der Waals surface area contributed by atoms with E-state index in [1.165, 1.54) is 24.1 Å². The Balaban J connectivity index is 2.06. The molecular formula is C12H16N2S. The molecule has 1 aromatic rings. The lowest BCUT2D eigenvalue weighted by Gasteiger charge is -2.10. The first-order valence-electron chi connectivity index (χ1n) is 5.39. The first-order valence-corrected chi connectivity index (χ1v) is 5.79. The van der Waals surface area contributed by atoms with Crippen LogP contribution in [-0.4, -0.2) is 9.97 Å². The van der Waals surface area contributed by atoms with Crippen molar-refractivity contribution in [3.8, 4) is 0 Å². The molecule has 1 aliphatic rings. The molecule has 1 aliphatic carbocycles. The molecule has 3 heteroatoms. The topological polar surface area (TPSA) is 31.6 Å². The molecule has 2 rings (SSSR count). The van der Waals surface area contributed by atoms with Crippen molar-refractivity contribution < 1.29 is 0 Å². The number of hydrogen-bond acceptors (Lipinski definition) is 1. The van der Waals surface area contributed by atoms with Gasteiger partial charge in [0.2, 0.25) is 0 Å². The van der Waals surface area contributed by atoms with Gasteiger partial charge in [-0.05, 0) is 49.9 Å². The van der Waals surface area contributed by atoms with Gasteiger partial charge in [-0.1, -0.05) is 18.2 Å². The molecule has 0 radical (unpaired) electrons. The highest BCUT2D eigenvalue weighted by Gasteiger charge is 2.17. The molecule has 2 nitrogen and oxygen atoms in total. The van der Waals surface area contributed by atoms with Crippen molar-refractivity contribution in [2.45, 2.75) is 26.2 Å². The van der Waals surface area contributed by atoms with Gasteiger partial charge in [-0.3, -0.25) is 0 Å². The van der Waals surface area contributed by atoms with Crippen LogP contribution in [0.4, 0.5) is 0 Å². The minimum atomic E-state index is 0.655. The van der Waals surface area contributed by atoms with Crippen LogP contribution < -0.4 is 0 Å². The number of aromatic nitrogens is 2. The largest absolute Gasteiger partial charge is 0.337 e. The van der Waals surface area contributed by atoms with Crippen LogP contribution in [0.15, 0.2) is 30.0 Å². The number of hydrogen-bond donors (Lipinski definition) is 2. The lowest BCUT2D eigenvalue weighted by atomic mass is 9.96. The summed E-state index contributed by atoms with van der Waals surface area (Å²) in [4.78, 5) is 6.18. The van der Waals surface area contributed by atoms with Crippen LogP contribution in [0, 0.1) is 10.7 Å². The van der Waals surface area contributed by atoms with Gasteiger partial charge in [0.1, 0.15) is 0 Å². The first kappa shape index (κ1) is 10.4. The predicted molar refractivity (Wildman–Crippen MR) is 65.3 cm³/mol. The van der Waals surface area contributed by atoms with E-state index in [9.17, 15) is 0 Å². The lowest BCUT2D eigenvalue weighted by molar-refractivity contribution is 0.604. The number of H-pyrrole nitrogens is 2. The highest BCUT2D eigenvalue weighted by molar-refractivity contribution is 7.71. The van der Waals surface area contributed by atoms with Crippen molar-refractivity contribution in [1.29, 1.82) is 0 Å². The molecular weight excluding hydrogens is 204 g/mol. The van der Waals surface area contributed by atoms with E-state index in [4.69, 9.17) is 12.2 Å².